The molecule has 1 aliphatic rings. The molecule has 0 saturated carbocycles. The Balaban J connectivity index is 2.08. The molecule has 0 unspecified atom stereocenters. The number of rotatable bonds is 12. The molecule has 0 radical (unpaired) electrons. The minimum Gasteiger partial charge on any atom is -0.493 e. The molecule has 4 atom stereocenters. The van der Waals surface area contributed by atoms with Crippen LogP contribution in [0.3, 0.4) is 0 Å². The summed E-state index contributed by atoms with van der Waals surface area (Å²) in [6.07, 6.45) is 10.1. The van der Waals surface area contributed by atoms with Crippen LogP contribution in [0.25, 0.3) is 0 Å². The summed E-state index contributed by atoms with van der Waals surface area (Å²) in [5, 5.41) is 28.5. The molecular weight excluding hydrogens is 284 g/mol. The van der Waals surface area contributed by atoms with Gasteiger partial charge in [0.2, 0.25) is 0 Å². The van der Waals surface area contributed by atoms with Crippen molar-refractivity contribution in [2.75, 3.05) is 13.2 Å². The number of aliphatic hydroxyl groups is 3. The van der Waals surface area contributed by atoms with E-state index < -0.39 is 24.4 Å². The van der Waals surface area contributed by atoms with Crippen molar-refractivity contribution in [1.82, 2.24) is 0 Å². The largest absolute Gasteiger partial charge is 0.493 e. The van der Waals surface area contributed by atoms with Gasteiger partial charge in [0.05, 0.1) is 19.5 Å². The van der Waals surface area contributed by atoms with Gasteiger partial charge in [-0.15, -0.1) is 0 Å². The molecule has 5 heteroatoms. The van der Waals surface area contributed by atoms with E-state index in [4.69, 9.17) is 9.47 Å². The van der Waals surface area contributed by atoms with Crippen molar-refractivity contribution >= 4 is 0 Å². The monoisotopic (exact) mass is 316 g/mol. The number of ether oxygens (including phenoxy) is 2. The highest BCUT2D eigenvalue weighted by Crippen LogP contribution is 2.19. The first-order valence-corrected chi connectivity index (χ1v) is 8.59. The van der Waals surface area contributed by atoms with Crippen LogP contribution in [0.15, 0.2) is 12.3 Å². The van der Waals surface area contributed by atoms with Crippen LogP contribution in [-0.4, -0.2) is 52.9 Å². The summed E-state index contributed by atoms with van der Waals surface area (Å²) < 4.78 is 10.7. The van der Waals surface area contributed by atoms with E-state index in [1.54, 1.807) is 6.26 Å². The molecule has 130 valence electrons. The predicted molar refractivity (Wildman–Crippen MR) is 85.5 cm³/mol. The van der Waals surface area contributed by atoms with Gasteiger partial charge in [0.1, 0.15) is 24.4 Å². The smallest absolute Gasteiger partial charge is 0.149 e. The second-order valence-corrected chi connectivity index (χ2v) is 5.99. The Morgan fingerprint density at radius 3 is 2.41 bits per heavy atom. The highest BCUT2D eigenvalue weighted by Gasteiger charge is 2.40. The standard InChI is InChI=1S/C17H32O5/c1-2-3-4-5-6-7-8-9-10-11-21-15(12-18)17-16(20)14(19)13-22-17/h10-11,14-20H,2-9,12-13H2,1H3/b11-10+/t14-,15+,16-,17-/m1/s1. The van der Waals surface area contributed by atoms with E-state index >= 15 is 0 Å². The molecule has 1 rings (SSSR count). The summed E-state index contributed by atoms with van der Waals surface area (Å²) in [6, 6.07) is 0. The molecular formula is C17H32O5. The molecule has 1 aliphatic heterocycles. The van der Waals surface area contributed by atoms with Crippen molar-refractivity contribution < 1.29 is 24.8 Å². The SMILES string of the molecule is CCCCCCCCC/C=C/O[C@@H](CO)[C@H]1OC[C@@H](O)[C@H]1O. The molecule has 0 aromatic carbocycles. The van der Waals surface area contributed by atoms with Gasteiger partial charge in [0.25, 0.3) is 0 Å². The maximum Gasteiger partial charge on any atom is 0.149 e. The maximum atomic E-state index is 9.73. The third-order valence-corrected chi connectivity index (χ3v) is 4.06. The first-order chi connectivity index (χ1) is 10.7. The molecule has 22 heavy (non-hydrogen) atoms. The molecule has 0 aromatic rings. The number of allylic oxidation sites excluding steroid dienone is 1. The van der Waals surface area contributed by atoms with E-state index in [2.05, 4.69) is 6.92 Å². The van der Waals surface area contributed by atoms with Crippen molar-refractivity contribution in [3.05, 3.63) is 12.3 Å². The van der Waals surface area contributed by atoms with E-state index in [9.17, 15) is 15.3 Å². The minimum absolute atomic E-state index is 0.0768. The van der Waals surface area contributed by atoms with Gasteiger partial charge in [-0.2, -0.15) is 0 Å². The third kappa shape index (κ3) is 7.09. The molecule has 1 heterocycles. The Labute approximate surface area is 133 Å². The number of hydrogen-bond acceptors (Lipinski definition) is 5. The molecule has 0 amide bonds. The van der Waals surface area contributed by atoms with Crippen molar-refractivity contribution in [3.8, 4) is 0 Å². The summed E-state index contributed by atoms with van der Waals surface area (Å²) in [5.74, 6) is 0. The summed E-state index contributed by atoms with van der Waals surface area (Å²) in [4.78, 5) is 0. The minimum atomic E-state index is -1.01. The quantitative estimate of drug-likeness (QED) is 0.380. The highest BCUT2D eigenvalue weighted by atomic mass is 16.6. The van der Waals surface area contributed by atoms with E-state index in [-0.39, 0.29) is 13.2 Å². The fourth-order valence-corrected chi connectivity index (χ4v) is 2.62. The Bertz CT molecular complexity index is 295. The summed E-state index contributed by atoms with van der Waals surface area (Å²) in [5.41, 5.74) is 0. The molecule has 1 saturated heterocycles. The summed E-state index contributed by atoms with van der Waals surface area (Å²) in [7, 11) is 0. The molecule has 0 aliphatic carbocycles. The number of hydrogen-bond donors (Lipinski definition) is 3. The Kier molecular flexibility index (Phi) is 10.5. The van der Waals surface area contributed by atoms with Crippen molar-refractivity contribution in [3.63, 3.8) is 0 Å². The Morgan fingerprint density at radius 2 is 1.82 bits per heavy atom. The zero-order chi connectivity index (χ0) is 16.2. The lowest BCUT2D eigenvalue weighted by Gasteiger charge is -2.23. The van der Waals surface area contributed by atoms with Crippen molar-refractivity contribution in [2.45, 2.75) is 82.7 Å². The lowest BCUT2D eigenvalue weighted by Crippen LogP contribution is -2.41. The van der Waals surface area contributed by atoms with Gasteiger partial charge in [0, 0.05) is 0 Å². The van der Waals surface area contributed by atoms with Crippen molar-refractivity contribution in [1.29, 1.82) is 0 Å². The van der Waals surface area contributed by atoms with E-state index in [0.717, 1.165) is 12.8 Å². The van der Waals surface area contributed by atoms with Gasteiger partial charge < -0.3 is 24.8 Å². The van der Waals surface area contributed by atoms with Crippen molar-refractivity contribution in [2.24, 2.45) is 0 Å². The van der Waals surface area contributed by atoms with Crippen LogP contribution < -0.4 is 0 Å². The third-order valence-electron chi connectivity index (χ3n) is 4.06. The average molecular weight is 316 g/mol. The summed E-state index contributed by atoms with van der Waals surface area (Å²) >= 11 is 0. The van der Waals surface area contributed by atoms with Gasteiger partial charge >= 0.3 is 0 Å². The molecule has 1 fully saturated rings. The summed E-state index contributed by atoms with van der Waals surface area (Å²) in [6.45, 7) is 2.05. The van der Waals surface area contributed by atoms with Crippen LogP contribution >= 0.6 is 0 Å². The zero-order valence-electron chi connectivity index (χ0n) is 13.7. The first kappa shape index (κ1) is 19.4. The van der Waals surface area contributed by atoms with E-state index in [1.165, 1.54) is 38.5 Å². The van der Waals surface area contributed by atoms with Gasteiger partial charge in [-0.05, 0) is 18.9 Å². The van der Waals surface area contributed by atoms with Gasteiger partial charge in [-0.3, -0.25) is 0 Å². The van der Waals surface area contributed by atoms with Gasteiger partial charge in [-0.25, -0.2) is 0 Å². The number of aliphatic hydroxyl groups excluding tert-OH is 3. The Hall–Kier alpha value is -0.620. The topological polar surface area (TPSA) is 79.2 Å². The highest BCUT2D eigenvalue weighted by molar-refractivity contribution is 4.90. The molecule has 0 aromatic heterocycles. The first-order valence-electron chi connectivity index (χ1n) is 8.59. The normalized spacial score (nSPS) is 26.6. The Morgan fingerprint density at radius 1 is 1.14 bits per heavy atom. The molecule has 0 bridgehead atoms. The lowest BCUT2D eigenvalue weighted by atomic mass is 10.1. The van der Waals surface area contributed by atoms with Crippen LogP contribution in [0.2, 0.25) is 0 Å². The zero-order valence-corrected chi connectivity index (χ0v) is 13.7. The lowest BCUT2D eigenvalue weighted by molar-refractivity contribution is -0.0737. The maximum absolute atomic E-state index is 9.73. The van der Waals surface area contributed by atoms with Crippen LogP contribution in [0.4, 0.5) is 0 Å². The van der Waals surface area contributed by atoms with Crippen LogP contribution in [0.5, 0.6) is 0 Å². The van der Waals surface area contributed by atoms with Gasteiger partial charge in [0.15, 0.2) is 0 Å². The van der Waals surface area contributed by atoms with E-state index in [1.807, 2.05) is 6.08 Å². The number of unbranched alkanes of at least 4 members (excludes halogenated alkanes) is 7. The van der Waals surface area contributed by atoms with E-state index in [0.29, 0.717) is 0 Å². The van der Waals surface area contributed by atoms with Gasteiger partial charge in [-0.1, -0.05) is 45.4 Å². The van der Waals surface area contributed by atoms with Crippen LogP contribution in [0, 0.1) is 0 Å². The predicted octanol–water partition coefficient (Wildman–Crippen LogP) is 2.14. The molecule has 0 spiro atoms. The molecule has 3 N–H and O–H groups in total. The second kappa shape index (κ2) is 11.9. The fraction of sp³-hybridized carbons (Fsp3) is 0.882. The van der Waals surface area contributed by atoms with Crippen LogP contribution in [-0.2, 0) is 9.47 Å². The molecule has 5 nitrogen and oxygen atoms in total. The second-order valence-electron chi connectivity index (χ2n) is 5.99. The van der Waals surface area contributed by atoms with Crippen LogP contribution in [0.1, 0.15) is 58.3 Å². The fourth-order valence-electron chi connectivity index (χ4n) is 2.62. The average Bonchev–Trinajstić information content (AvgIpc) is 2.85.